The molecule has 0 radical (unpaired) electrons. The largest absolute Gasteiger partial charge is 0.479 e. The van der Waals surface area contributed by atoms with E-state index in [1.807, 2.05) is 30.3 Å². The SMILES string of the molecule is O=C(O)[C@H]1C[C@H]2CSC(Nc3ccccc3)=N[C@@]2(c2cc(Br)ccc2F)CO1. The van der Waals surface area contributed by atoms with Gasteiger partial charge in [0, 0.05) is 27.4 Å². The van der Waals surface area contributed by atoms with Crippen molar-refractivity contribution >= 4 is 44.5 Å². The second-order valence-electron chi connectivity index (χ2n) is 6.84. The van der Waals surface area contributed by atoms with Gasteiger partial charge >= 0.3 is 5.97 Å². The fourth-order valence-corrected chi connectivity index (χ4v) is 5.21. The molecule has 0 unspecified atom stereocenters. The Hall–Kier alpha value is -1.90. The van der Waals surface area contributed by atoms with Crippen molar-refractivity contribution in [3.05, 3.63) is 64.4 Å². The van der Waals surface area contributed by atoms with Crippen molar-refractivity contribution in [3.8, 4) is 0 Å². The van der Waals surface area contributed by atoms with Gasteiger partial charge in [0.1, 0.15) is 11.4 Å². The van der Waals surface area contributed by atoms with E-state index in [1.54, 1.807) is 12.1 Å². The maximum Gasteiger partial charge on any atom is 0.332 e. The van der Waals surface area contributed by atoms with E-state index in [-0.39, 0.29) is 24.8 Å². The van der Waals surface area contributed by atoms with Crippen LogP contribution in [-0.4, -0.2) is 34.7 Å². The molecule has 2 aliphatic heterocycles. The van der Waals surface area contributed by atoms with Crippen LogP contribution in [0.25, 0.3) is 0 Å². The number of amidine groups is 1. The molecule has 0 saturated carbocycles. The summed E-state index contributed by atoms with van der Waals surface area (Å²) >= 11 is 4.93. The minimum absolute atomic E-state index is 0.0164. The molecule has 1 saturated heterocycles. The monoisotopic (exact) mass is 464 g/mol. The first-order valence-corrected chi connectivity index (χ1v) is 10.6. The Morgan fingerprint density at radius 1 is 1.32 bits per heavy atom. The molecule has 2 N–H and O–H groups in total. The number of nitrogens with one attached hydrogen (secondary N) is 1. The number of carboxylic acid groups (broad SMARTS) is 1. The number of hydrogen-bond donors (Lipinski definition) is 2. The van der Waals surface area contributed by atoms with Gasteiger partial charge in [-0.25, -0.2) is 14.2 Å². The summed E-state index contributed by atoms with van der Waals surface area (Å²) in [7, 11) is 0. The van der Waals surface area contributed by atoms with Crippen molar-refractivity contribution in [2.24, 2.45) is 10.9 Å². The summed E-state index contributed by atoms with van der Waals surface area (Å²) in [5, 5.41) is 13.3. The lowest BCUT2D eigenvalue weighted by molar-refractivity contribution is -0.159. The highest BCUT2D eigenvalue weighted by atomic mass is 79.9. The summed E-state index contributed by atoms with van der Waals surface area (Å²) < 4.78 is 21.2. The van der Waals surface area contributed by atoms with E-state index in [1.165, 1.54) is 17.8 Å². The minimum Gasteiger partial charge on any atom is -0.479 e. The number of rotatable bonds is 3. The Morgan fingerprint density at radius 2 is 2.11 bits per heavy atom. The first-order valence-electron chi connectivity index (χ1n) is 8.82. The van der Waals surface area contributed by atoms with Gasteiger partial charge in [0.15, 0.2) is 11.3 Å². The van der Waals surface area contributed by atoms with Crippen molar-refractivity contribution in [1.29, 1.82) is 0 Å². The van der Waals surface area contributed by atoms with Crippen LogP contribution in [0.1, 0.15) is 12.0 Å². The zero-order chi connectivity index (χ0) is 19.7. The average molecular weight is 465 g/mol. The molecule has 0 bridgehead atoms. The zero-order valence-corrected chi connectivity index (χ0v) is 17.2. The number of para-hydroxylation sites is 1. The quantitative estimate of drug-likeness (QED) is 0.699. The molecule has 8 heteroatoms. The Bertz CT molecular complexity index is 927. The summed E-state index contributed by atoms with van der Waals surface area (Å²) in [5.41, 5.74) is 0.336. The van der Waals surface area contributed by atoms with Crippen molar-refractivity contribution in [2.45, 2.75) is 18.1 Å². The zero-order valence-electron chi connectivity index (χ0n) is 14.8. The third kappa shape index (κ3) is 3.68. The van der Waals surface area contributed by atoms with E-state index in [0.717, 1.165) is 10.2 Å². The maximum atomic E-state index is 14.8. The van der Waals surface area contributed by atoms with E-state index in [4.69, 9.17) is 9.73 Å². The normalized spacial score (nSPS) is 26.9. The van der Waals surface area contributed by atoms with Gasteiger partial charge in [-0.1, -0.05) is 45.9 Å². The third-order valence-corrected chi connectivity index (χ3v) is 6.63. The van der Waals surface area contributed by atoms with Gasteiger partial charge in [0.05, 0.1) is 6.61 Å². The van der Waals surface area contributed by atoms with Crippen LogP contribution in [0.3, 0.4) is 0 Å². The lowest BCUT2D eigenvalue weighted by Gasteiger charge is -2.45. The van der Waals surface area contributed by atoms with Gasteiger partial charge in [0.25, 0.3) is 0 Å². The highest BCUT2D eigenvalue weighted by Crippen LogP contribution is 2.47. The smallest absolute Gasteiger partial charge is 0.332 e. The summed E-state index contributed by atoms with van der Waals surface area (Å²) in [6, 6.07) is 14.4. The van der Waals surface area contributed by atoms with Gasteiger partial charge in [0.2, 0.25) is 0 Å². The molecular formula is C20H18BrFN2O3S. The van der Waals surface area contributed by atoms with Crippen LogP contribution < -0.4 is 5.32 Å². The molecular weight excluding hydrogens is 447 g/mol. The van der Waals surface area contributed by atoms with Crippen LogP contribution in [0.5, 0.6) is 0 Å². The van der Waals surface area contributed by atoms with Crippen LogP contribution in [0, 0.1) is 11.7 Å². The van der Waals surface area contributed by atoms with Gasteiger partial charge < -0.3 is 15.2 Å². The highest BCUT2D eigenvalue weighted by molar-refractivity contribution is 9.10. The van der Waals surface area contributed by atoms with Crippen LogP contribution in [0.15, 0.2) is 58.0 Å². The topological polar surface area (TPSA) is 70.9 Å². The third-order valence-electron chi connectivity index (χ3n) is 5.10. The molecule has 4 rings (SSSR count). The Morgan fingerprint density at radius 3 is 2.86 bits per heavy atom. The maximum absolute atomic E-state index is 14.8. The van der Waals surface area contributed by atoms with Gasteiger partial charge in [-0.3, -0.25) is 0 Å². The van der Waals surface area contributed by atoms with Crippen LogP contribution in [0.4, 0.5) is 10.1 Å². The van der Waals surface area contributed by atoms with Crippen molar-refractivity contribution in [2.75, 3.05) is 17.7 Å². The number of halogens is 2. The Balaban J connectivity index is 1.76. The number of carboxylic acids is 1. The number of aliphatic imine (C=N–C) groups is 1. The average Bonchev–Trinajstić information content (AvgIpc) is 2.70. The number of anilines is 1. The van der Waals surface area contributed by atoms with E-state index >= 15 is 0 Å². The molecule has 3 atom stereocenters. The van der Waals surface area contributed by atoms with E-state index in [0.29, 0.717) is 16.5 Å². The molecule has 2 aromatic rings. The van der Waals surface area contributed by atoms with Gasteiger partial charge in [-0.15, -0.1) is 0 Å². The van der Waals surface area contributed by atoms with Crippen molar-refractivity contribution < 1.29 is 19.0 Å². The number of benzene rings is 2. The molecule has 146 valence electrons. The number of aliphatic carboxylic acids is 1. The lowest BCUT2D eigenvalue weighted by atomic mass is 9.75. The van der Waals surface area contributed by atoms with E-state index < -0.39 is 17.6 Å². The summed E-state index contributed by atoms with van der Waals surface area (Å²) in [6.45, 7) is 0.0164. The molecule has 2 aromatic carbocycles. The molecule has 0 aromatic heterocycles. The second-order valence-corrected chi connectivity index (χ2v) is 8.76. The highest BCUT2D eigenvalue weighted by Gasteiger charge is 2.51. The Labute approximate surface area is 174 Å². The minimum atomic E-state index is -0.995. The number of ether oxygens (including phenoxy) is 1. The van der Waals surface area contributed by atoms with Crippen molar-refractivity contribution in [3.63, 3.8) is 0 Å². The van der Waals surface area contributed by atoms with E-state index in [2.05, 4.69) is 21.2 Å². The van der Waals surface area contributed by atoms with Gasteiger partial charge in [-0.05, 0) is 36.8 Å². The van der Waals surface area contributed by atoms with Gasteiger partial charge in [-0.2, -0.15) is 0 Å². The fraction of sp³-hybridized carbons (Fsp3) is 0.300. The standard InChI is InChI=1S/C20H18BrFN2O3S/c21-13-6-7-16(22)15(9-13)20-11-27-17(18(25)26)8-12(20)10-28-19(24-20)23-14-4-2-1-3-5-14/h1-7,9,12,17H,8,10-11H2,(H,23,24)(H,25,26)/t12-,17+,20-/m0/s1. The molecule has 0 aliphatic carbocycles. The van der Waals surface area contributed by atoms with E-state index in [9.17, 15) is 14.3 Å². The molecule has 2 aliphatic rings. The number of carbonyl (C=O) groups is 1. The predicted octanol–water partition coefficient (Wildman–Crippen LogP) is 4.49. The number of fused-ring (bicyclic) bond motifs is 1. The lowest BCUT2D eigenvalue weighted by Crippen LogP contribution is -2.51. The fourth-order valence-electron chi connectivity index (χ4n) is 3.66. The first-order chi connectivity index (χ1) is 13.5. The predicted molar refractivity (Wildman–Crippen MR) is 111 cm³/mol. The molecule has 0 amide bonds. The number of nitrogens with zero attached hydrogens (tertiary/aromatic N) is 1. The molecule has 1 fully saturated rings. The second kappa shape index (κ2) is 7.85. The number of thioether (sulfide) groups is 1. The molecule has 2 heterocycles. The Kier molecular flexibility index (Phi) is 5.44. The summed E-state index contributed by atoms with van der Waals surface area (Å²) in [6.07, 6.45) is -0.607. The molecule has 5 nitrogen and oxygen atoms in total. The molecule has 0 spiro atoms. The molecule has 28 heavy (non-hydrogen) atoms. The van der Waals surface area contributed by atoms with Crippen LogP contribution in [-0.2, 0) is 15.1 Å². The summed E-state index contributed by atoms with van der Waals surface area (Å²) in [4.78, 5) is 16.3. The van der Waals surface area contributed by atoms with Crippen LogP contribution >= 0.6 is 27.7 Å². The van der Waals surface area contributed by atoms with Crippen LogP contribution in [0.2, 0.25) is 0 Å². The number of hydrogen-bond acceptors (Lipinski definition) is 5. The van der Waals surface area contributed by atoms with Crippen molar-refractivity contribution in [1.82, 2.24) is 0 Å². The first kappa shape index (κ1) is 19.4. The summed E-state index contributed by atoms with van der Waals surface area (Å²) in [5.74, 6) is -0.902.